The van der Waals surface area contributed by atoms with E-state index in [4.69, 9.17) is 15.2 Å². The number of ether oxygens (including phenoxy) is 2. The molecule has 0 radical (unpaired) electrons. The van der Waals surface area contributed by atoms with E-state index in [0.717, 1.165) is 25.7 Å². The summed E-state index contributed by atoms with van der Waals surface area (Å²) in [6.45, 7) is 3.24. The number of carbonyl (C=O) groups excluding carboxylic acids is 1. The van der Waals surface area contributed by atoms with Gasteiger partial charge in [0.1, 0.15) is 13.2 Å². The molecule has 1 aliphatic heterocycles. The number of nitrogens with two attached hydrogens (primary N) is 1. The summed E-state index contributed by atoms with van der Waals surface area (Å²) in [5.74, 6) is 1.77. The summed E-state index contributed by atoms with van der Waals surface area (Å²) in [4.78, 5) is 12.5. The van der Waals surface area contributed by atoms with Gasteiger partial charge in [-0.15, -0.1) is 0 Å². The summed E-state index contributed by atoms with van der Waals surface area (Å²) in [6, 6.07) is 5.43. The van der Waals surface area contributed by atoms with Gasteiger partial charge in [-0.05, 0) is 30.9 Å². The van der Waals surface area contributed by atoms with E-state index in [9.17, 15) is 4.79 Å². The van der Waals surface area contributed by atoms with Crippen LogP contribution in [0.5, 0.6) is 11.5 Å². The van der Waals surface area contributed by atoms with E-state index in [0.29, 0.717) is 36.3 Å². The van der Waals surface area contributed by atoms with Crippen LogP contribution >= 0.6 is 0 Å². The highest BCUT2D eigenvalue weighted by molar-refractivity contribution is 5.98. The Bertz CT molecular complexity index is 546. The lowest BCUT2D eigenvalue weighted by molar-refractivity contribution is -0.122. The second kappa shape index (κ2) is 5.56. The molecule has 2 unspecified atom stereocenters. The first-order chi connectivity index (χ1) is 10.1. The largest absolute Gasteiger partial charge is 0.486 e. The van der Waals surface area contributed by atoms with Crippen molar-refractivity contribution >= 4 is 11.6 Å². The number of anilines is 1. The third-order valence-electron chi connectivity index (χ3n) is 4.28. The van der Waals surface area contributed by atoms with E-state index in [1.54, 1.807) is 6.07 Å². The van der Waals surface area contributed by atoms with Gasteiger partial charge in [-0.1, -0.05) is 19.8 Å². The normalized spacial score (nSPS) is 28.0. The Balaban J connectivity index is 1.72. The minimum atomic E-state index is -0.759. The highest BCUT2D eigenvalue weighted by atomic mass is 16.6. The molecule has 1 amide bonds. The minimum absolute atomic E-state index is 0.106. The molecule has 0 spiro atoms. The number of hydrogen-bond donors (Lipinski definition) is 2. The second-order valence-electron chi connectivity index (χ2n) is 6.17. The lowest BCUT2D eigenvalue weighted by atomic mass is 9.76. The van der Waals surface area contributed by atoms with E-state index in [2.05, 4.69) is 12.2 Å². The smallest absolute Gasteiger partial charge is 0.244 e. The topological polar surface area (TPSA) is 73.6 Å². The standard InChI is InChI=1S/C16H22N2O3/c1-11-3-2-6-16(17,10-11)15(19)18-12-4-5-13-14(9-12)21-8-7-20-13/h4-5,9,11H,2-3,6-8,10,17H2,1H3,(H,18,19). The molecule has 5 heteroatoms. The molecule has 1 fully saturated rings. The summed E-state index contributed by atoms with van der Waals surface area (Å²) in [5, 5.41) is 2.92. The van der Waals surface area contributed by atoms with Crippen LogP contribution in [0.15, 0.2) is 18.2 Å². The maximum Gasteiger partial charge on any atom is 0.244 e. The zero-order valence-corrected chi connectivity index (χ0v) is 12.4. The van der Waals surface area contributed by atoms with Gasteiger partial charge in [-0.2, -0.15) is 0 Å². The van der Waals surface area contributed by atoms with Gasteiger partial charge in [0.05, 0.1) is 5.54 Å². The first kappa shape index (κ1) is 14.2. The van der Waals surface area contributed by atoms with Crippen molar-refractivity contribution in [2.24, 2.45) is 11.7 Å². The van der Waals surface area contributed by atoms with Crippen molar-refractivity contribution in [3.05, 3.63) is 18.2 Å². The van der Waals surface area contributed by atoms with Crippen molar-refractivity contribution < 1.29 is 14.3 Å². The number of amides is 1. The van der Waals surface area contributed by atoms with E-state index in [-0.39, 0.29) is 5.91 Å². The molecule has 0 saturated heterocycles. The molecule has 0 aromatic heterocycles. The Morgan fingerprint density at radius 2 is 2.10 bits per heavy atom. The molecule has 3 N–H and O–H groups in total. The quantitative estimate of drug-likeness (QED) is 0.876. The highest BCUT2D eigenvalue weighted by Crippen LogP contribution is 2.34. The third-order valence-corrected chi connectivity index (χ3v) is 4.28. The predicted octanol–water partition coefficient (Wildman–Crippen LogP) is 2.30. The van der Waals surface area contributed by atoms with Crippen molar-refractivity contribution in [1.82, 2.24) is 0 Å². The molecule has 114 valence electrons. The monoisotopic (exact) mass is 290 g/mol. The van der Waals surface area contributed by atoms with Crippen LogP contribution in [0.3, 0.4) is 0 Å². The Labute approximate surface area is 124 Å². The van der Waals surface area contributed by atoms with Crippen LogP contribution in [0.2, 0.25) is 0 Å². The second-order valence-corrected chi connectivity index (χ2v) is 6.17. The van der Waals surface area contributed by atoms with Crippen molar-refractivity contribution in [3.63, 3.8) is 0 Å². The molecule has 1 saturated carbocycles. The molecule has 0 bridgehead atoms. The van der Waals surface area contributed by atoms with Gasteiger partial charge < -0.3 is 20.5 Å². The lowest BCUT2D eigenvalue weighted by Gasteiger charge is -2.35. The predicted molar refractivity (Wildman–Crippen MR) is 80.6 cm³/mol. The van der Waals surface area contributed by atoms with Crippen LogP contribution in [0.25, 0.3) is 0 Å². The summed E-state index contributed by atoms with van der Waals surface area (Å²) in [7, 11) is 0. The van der Waals surface area contributed by atoms with Crippen molar-refractivity contribution in [2.45, 2.75) is 38.1 Å². The molecule has 2 atom stereocenters. The zero-order chi connectivity index (χ0) is 14.9. The lowest BCUT2D eigenvalue weighted by Crippen LogP contribution is -2.53. The number of hydrogen-bond acceptors (Lipinski definition) is 4. The van der Waals surface area contributed by atoms with Gasteiger partial charge in [-0.25, -0.2) is 0 Å². The molecule has 1 heterocycles. The van der Waals surface area contributed by atoms with Gasteiger partial charge in [0.2, 0.25) is 5.91 Å². The van der Waals surface area contributed by atoms with Crippen LogP contribution in [0, 0.1) is 5.92 Å². The molecule has 5 nitrogen and oxygen atoms in total. The Morgan fingerprint density at radius 3 is 2.86 bits per heavy atom. The first-order valence-electron chi connectivity index (χ1n) is 7.57. The van der Waals surface area contributed by atoms with Crippen LogP contribution in [0.4, 0.5) is 5.69 Å². The average Bonchev–Trinajstić information content (AvgIpc) is 2.47. The van der Waals surface area contributed by atoms with Gasteiger partial charge >= 0.3 is 0 Å². The van der Waals surface area contributed by atoms with Gasteiger partial charge in [0.15, 0.2) is 11.5 Å². The molecular formula is C16H22N2O3. The number of benzene rings is 1. The Morgan fingerprint density at radius 1 is 1.33 bits per heavy atom. The zero-order valence-electron chi connectivity index (χ0n) is 12.4. The fourth-order valence-electron chi connectivity index (χ4n) is 3.17. The maximum atomic E-state index is 12.5. The summed E-state index contributed by atoms with van der Waals surface area (Å²) in [6.07, 6.45) is 3.64. The maximum absolute atomic E-state index is 12.5. The van der Waals surface area contributed by atoms with E-state index in [1.165, 1.54) is 0 Å². The van der Waals surface area contributed by atoms with Gasteiger partial charge in [-0.3, -0.25) is 4.79 Å². The van der Waals surface area contributed by atoms with E-state index < -0.39 is 5.54 Å². The number of rotatable bonds is 2. The molecule has 3 rings (SSSR count). The van der Waals surface area contributed by atoms with Crippen molar-refractivity contribution in [3.8, 4) is 11.5 Å². The minimum Gasteiger partial charge on any atom is -0.486 e. The van der Waals surface area contributed by atoms with Crippen LogP contribution in [0.1, 0.15) is 32.6 Å². The SMILES string of the molecule is CC1CCCC(N)(C(=O)Nc2ccc3c(c2)OCCO3)C1. The average molecular weight is 290 g/mol. The number of nitrogens with one attached hydrogen (secondary N) is 1. The molecule has 1 aromatic carbocycles. The highest BCUT2D eigenvalue weighted by Gasteiger charge is 2.38. The summed E-state index contributed by atoms with van der Waals surface area (Å²) >= 11 is 0. The van der Waals surface area contributed by atoms with Crippen molar-refractivity contribution in [2.75, 3.05) is 18.5 Å². The Kier molecular flexibility index (Phi) is 3.76. The van der Waals surface area contributed by atoms with E-state index in [1.807, 2.05) is 12.1 Å². The number of carbonyl (C=O) groups is 1. The van der Waals surface area contributed by atoms with Crippen LogP contribution in [-0.2, 0) is 4.79 Å². The molecule has 1 aromatic rings. The third kappa shape index (κ3) is 2.97. The van der Waals surface area contributed by atoms with Gasteiger partial charge in [0.25, 0.3) is 0 Å². The van der Waals surface area contributed by atoms with Crippen LogP contribution < -0.4 is 20.5 Å². The molecule has 1 aliphatic carbocycles. The molecule has 21 heavy (non-hydrogen) atoms. The van der Waals surface area contributed by atoms with E-state index >= 15 is 0 Å². The van der Waals surface area contributed by atoms with Gasteiger partial charge in [0, 0.05) is 11.8 Å². The first-order valence-corrected chi connectivity index (χ1v) is 7.57. The fourth-order valence-corrected chi connectivity index (χ4v) is 3.17. The summed E-state index contributed by atoms with van der Waals surface area (Å²) in [5.41, 5.74) is 6.25. The Hall–Kier alpha value is -1.75. The summed E-state index contributed by atoms with van der Waals surface area (Å²) < 4.78 is 11.0. The number of fused-ring (bicyclic) bond motifs is 1. The van der Waals surface area contributed by atoms with Crippen molar-refractivity contribution in [1.29, 1.82) is 0 Å². The molecule has 2 aliphatic rings. The van der Waals surface area contributed by atoms with Crippen LogP contribution in [-0.4, -0.2) is 24.7 Å². The molecular weight excluding hydrogens is 268 g/mol. The fraction of sp³-hybridized carbons (Fsp3) is 0.562.